The SMILES string of the molecule is CCCCc1ccc2c3c(cccc13)C(=O)N(OS(=O)(=O)c1ccc(C(F)(F)F)cc1)C2=O. The molecular formula is C23H18F3NO5S. The van der Waals surface area contributed by atoms with Gasteiger partial charge in [-0.25, -0.2) is 0 Å². The number of amides is 2. The van der Waals surface area contributed by atoms with Gasteiger partial charge in [0.2, 0.25) is 0 Å². The van der Waals surface area contributed by atoms with Gasteiger partial charge < -0.3 is 0 Å². The molecule has 0 fully saturated rings. The molecule has 3 aromatic rings. The fraction of sp³-hybridized carbons (Fsp3) is 0.217. The van der Waals surface area contributed by atoms with Crippen LogP contribution in [0, 0.1) is 0 Å². The fourth-order valence-corrected chi connectivity index (χ4v) is 4.63. The van der Waals surface area contributed by atoms with Crippen LogP contribution in [-0.2, 0) is 27.0 Å². The molecule has 0 bridgehead atoms. The van der Waals surface area contributed by atoms with Gasteiger partial charge in [-0.1, -0.05) is 31.5 Å². The number of nitrogens with zero attached hydrogens (tertiary/aromatic N) is 1. The van der Waals surface area contributed by atoms with Crippen molar-refractivity contribution < 1.29 is 35.5 Å². The summed E-state index contributed by atoms with van der Waals surface area (Å²) >= 11 is 0. The van der Waals surface area contributed by atoms with Crippen LogP contribution < -0.4 is 0 Å². The number of aryl methyl sites for hydroxylation is 1. The minimum absolute atomic E-state index is 0.100. The van der Waals surface area contributed by atoms with Gasteiger partial charge >= 0.3 is 16.3 Å². The van der Waals surface area contributed by atoms with Gasteiger partial charge in [-0.3, -0.25) is 9.59 Å². The smallest absolute Gasteiger partial charge is 0.266 e. The second kappa shape index (κ2) is 8.27. The molecule has 172 valence electrons. The van der Waals surface area contributed by atoms with E-state index in [9.17, 15) is 31.2 Å². The Kier molecular flexibility index (Phi) is 5.75. The van der Waals surface area contributed by atoms with Gasteiger partial charge in [0.25, 0.3) is 11.8 Å². The zero-order valence-corrected chi connectivity index (χ0v) is 18.2. The van der Waals surface area contributed by atoms with Crippen molar-refractivity contribution in [3.8, 4) is 0 Å². The molecule has 2 amide bonds. The quantitative estimate of drug-likeness (QED) is 0.461. The fourth-order valence-electron chi connectivity index (χ4n) is 3.74. The minimum atomic E-state index is -4.76. The molecule has 0 saturated carbocycles. The van der Waals surface area contributed by atoms with Gasteiger partial charge in [0.1, 0.15) is 0 Å². The molecule has 6 nitrogen and oxygen atoms in total. The monoisotopic (exact) mass is 477 g/mol. The zero-order valence-electron chi connectivity index (χ0n) is 17.3. The first-order valence-electron chi connectivity index (χ1n) is 10.1. The molecule has 0 spiro atoms. The second-order valence-electron chi connectivity index (χ2n) is 7.56. The first-order chi connectivity index (χ1) is 15.5. The lowest BCUT2D eigenvalue weighted by Gasteiger charge is -2.26. The van der Waals surface area contributed by atoms with Crippen LogP contribution in [0.25, 0.3) is 10.8 Å². The molecule has 0 unspecified atom stereocenters. The number of carbonyl (C=O) groups is 2. The highest BCUT2D eigenvalue weighted by Gasteiger charge is 2.38. The average molecular weight is 477 g/mol. The van der Waals surface area contributed by atoms with Crippen LogP contribution in [0.5, 0.6) is 0 Å². The van der Waals surface area contributed by atoms with Crippen LogP contribution in [0.2, 0.25) is 0 Å². The van der Waals surface area contributed by atoms with Crippen LogP contribution in [0.3, 0.4) is 0 Å². The number of carbonyl (C=O) groups excluding carboxylic acids is 2. The van der Waals surface area contributed by atoms with Gasteiger partial charge in [-0.15, -0.1) is 9.35 Å². The molecule has 3 aromatic carbocycles. The molecular weight excluding hydrogens is 459 g/mol. The molecule has 1 aliphatic rings. The number of rotatable bonds is 6. The van der Waals surface area contributed by atoms with Gasteiger partial charge in [-0.05, 0) is 60.2 Å². The van der Waals surface area contributed by atoms with E-state index in [1.54, 1.807) is 18.2 Å². The number of hydrogen-bond donors (Lipinski definition) is 0. The standard InChI is InChI=1S/C23H18F3NO5S/c1-2-3-5-14-8-13-19-20-17(14)6-4-7-18(20)21(28)27(22(19)29)32-33(30,31)16-11-9-15(10-12-16)23(24,25)26/h4,6-13H,2-3,5H2,1H3. The molecule has 10 heteroatoms. The molecule has 0 aromatic heterocycles. The molecule has 0 radical (unpaired) electrons. The molecule has 0 saturated heterocycles. The van der Waals surface area contributed by atoms with E-state index in [2.05, 4.69) is 0 Å². The highest BCUT2D eigenvalue weighted by atomic mass is 32.2. The molecule has 0 atom stereocenters. The van der Waals surface area contributed by atoms with Crippen LogP contribution in [0.15, 0.2) is 59.5 Å². The maximum Gasteiger partial charge on any atom is 0.416 e. The summed E-state index contributed by atoms with van der Waals surface area (Å²) in [6, 6.07) is 10.7. The van der Waals surface area contributed by atoms with Crippen molar-refractivity contribution in [2.24, 2.45) is 0 Å². The maximum atomic E-state index is 13.0. The lowest BCUT2D eigenvalue weighted by Crippen LogP contribution is -2.41. The third-order valence-corrected chi connectivity index (χ3v) is 6.60. The van der Waals surface area contributed by atoms with Gasteiger partial charge in [0.15, 0.2) is 0 Å². The van der Waals surface area contributed by atoms with Crippen molar-refractivity contribution >= 4 is 32.7 Å². The molecule has 0 aliphatic carbocycles. The number of hydrogen-bond acceptors (Lipinski definition) is 5. The van der Waals surface area contributed by atoms with Crippen LogP contribution >= 0.6 is 0 Å². The number of hydroxylamine groups is 2. The van der Waals surface area contributed by atoms with Crippen molar-refractivity contribution in [3.63, 3.8) is 0 Å². The Morgan fingerprint density at radius 3 is 2.15 bits per heavy atom. The largest absolute Gasteiger partial charge is 0.416 e. The van der Waals surface area contributed by atoms with E-state index < -0.39 is 38.6 Å². The van der Waals surface area contributed by atoms with Crippen molar-refractivity contribution in [2.45, 2.75) is 37.3 Å². The van der Waals surface area contributed by atoms with Gasteiger partial charge in [0.05, 0.1) is 21.6 Å². The molecule has 33 heavy (non-hydrogen) atoms. The van der Waals surface area contributed by atoms with Crippen molar-refractivity contribution in [1.29, 1.82) is 0 Å². The Bertz CT molecular complexity index is 1340. The van der Waals surface area contributed by atoms with E-state index in [0.29, 0.717) is 29.7 Å². The molecule has 0 N–H and O–H groups in total. The van der Waals surface area contributed by atoms with E-state index in [0.717, 1.165) is 30.2 Å². The Morgan fingerprint density at radius 2 is 1.55 bits per heavy atom. The Labute approximate surface area is 187 Å². The summed E-state index contributed by atoms with van der Waals surface area (Å²) < 4.78 is 68.4. The summed E-state index contributed by atoms with van der Waals surface area (Å²) in [5.74, 6) is -1.94. The van der Waals surface area contributed by atoms with Crippen molar-refractivity contribution in [1.82, 2.24) is 5.06 Å². The van der Waals surface area contributed by atoms with E-state index in [1.165, 1.54) is 12.1 Å². The minimum Gasteiger partial charge on any atom is -0.266 e. The number of imide groups is 1. The first-order valence-corrected chi connectivity index (χ1v) is 11.5. The normalized spacial score (nSPS) is 14.2. The van der Waals surface area contributed by atoms with Gasteiger partial charge in [0, 0.05) is 5.39 Å². The van der Waals surface area contributed by atoms with Crippen LogP contribution in [0.4, 0.5) is 13.2 Å². The number of halogens is 3. The summed E-state index contributed by atoms with van der Waals surface area (Å²) in [7, 11) is -4.76. The lowest BCUT2D eigenvalue weighted by molar-refractivity contribution is -0.137. The number of alkyl halides is 3. The predicted molar refractivity (Wildman–Crippen MR) is 113 cm³/mol. The third kappa shape index (κ3) is 4.11. The number of unbranched alkanes of at least 4 members (excludes halogenated alkanes) is 1. The summed E-state index contributed by atoms with van der Waals surface area (Å²) in [5, 5.41) is 1.29. The molecule has 1 heterocycles. The summed E-state index contributed by atoms with van der Waals surface area (Å²) in [5.41, 5.74) is 0.113. The molecule has 1 aliphatic heterocycles. The van der Waals surface area contributed by atoms with Crippen molar-refractivity contribution in [3.05, 3.63) is 76.9 Å². The Morgan fingerprint density at radius 1 is 0.909 bits per heavy atom. The van der Waals surface area contributed by atoms with E-state index in [4.69, 9.17) is 4.28 Å². The number of benzene rings is 3. The summed E-state index contributed by atoms with van der Waals surface area (Å²) in [6.45, 7) is 2.05. The van der Waals surface area contributed by atoms with Crippen molar-refractivity contribution in [2.75, 3.05) is 0 Å². The highest BCUT2D eigenvalue weighted by molar-refractivity contribution is 7.86. The maximum absolute atomic E-state index is 13.0. The van der Waals surface area contributed by atoms with E-state index in [1.807, 2.05) is 6.92 Å². The second-order valence-corrected chi connectivity index (χ2v) is 9.09. The van der Waals surface area contributed by atoms with E-state index in [-0.39, 0.29) is 16.2 Å². The lowest BCUT2D eigenvalue weighted by atomic mass is 9.90. The van der Waals surface area contributed by atoms with E-state index >= 15 is 0 Å². The molecule has 4 rings (SSSR count). The first kappa shape index (κ1) is 22.9. The third-order valence-electron chi connectivity index (χ3n) is 5.40. The highest BCUT2D eigenvalue weighted by Crippen LogP contribution is 2.34. The summed E-state index contributed by atoms with van der Waals surface area (Å²) in [6.07, 6.45) is -2.02. The predicted octanol–water partition coefficient (Wildman–Crippen LogP) is 5.12. The topological polar surface area (TPSA) is 80.8 Å². The van der Waals surface area contributed by atoms with Gasteiger partial charge in [-0.2, -0.15) is 21.6 Å². The summed E-state index contributed by atoms with van der Waals surface area (Å²) in [4.78, 5) is 25.4. The zero-order chi connectivity index (χ0) is 24.0. The van der Waals surface area contributed by atoms with Crippen LogP contribution in [0.1, 0.15) is 51.6 Å². The average Bonchev–Trinajstić information content (AvgIpc) is 2.78. The Hall–Kier alpha value is -3.24. The Balaban J connectivity index is 1.70. The van der Waals surface area contributed by atoms with Crippen LogP contribution in [-0.4, -0.2) is 25.3 Å².